The Morgan fingerprint density at radius 2 is 2.06 bits per heavy atom. The minimum Gasteiger partial charge on any atom is -0.504 e. The van der Waals surface area contributed by atoms with Crippen LogP contribution in [0.1, 0.15) is 43.0 Å². The predicted molar refractivity (Wildman–Crippen MR) is 69.1 cm³/mol. The fraction of sp³-hybridized carbons (Fsp3) is 0.500. The predicted octanol–water partition coefficient (Wildman–Crippen LogP) is 3.14. The fourth-order valence-corrected chi connectivity index (χ4v) is 1.58. The molecule has 0 aliphatic heterocycles. The maximum Gasteiger partial charge on any atom is 0.338 e. The minimum atomic E-state index is -0.384. The van der Waals surface area contributed by atoms with Crippen LogP contribution >= 0.6 is 0 Å². The molecule has 0 amide bonds. The number of carbonyl (C=O) groups is 1. The molecule has 0 saturated heterocycles. The maximum atomic E-state index is 11.7. The van der Waals surface area contributed by atoms with Gasteiger partial charge < -0.3 is 14.6 Å². The summed E-state index contributed by atoms with van der Waals surface area (Å²) in [6.07, 6.45) is 4.27. The molecule has 0 radical (unpaired) electrons. The van der Waals surface area contributed by atoms with E-state index in [4.69, 9.17) is 9.47 Å². The summed E-state index contributed by atoms with van der Waals surface area (Å²) in [7, 11) is 1.44. The lowest BCUT2D eigenvalue weighted by molar-refractivity contribution is 0.0497. The lowest BCUT2D eigenvalue weighted by atomic mass is 10.2. The Morgan fingerprint density at radius 3 is 2.72 bits per heavy atom. The Balaban J connectivity index is 2.46. The molecule has 1 aromatic rings. The quantitative estimate of drug-likeness (QED) is 0.598. The van der Waals surface area contributed by atoms with Gasteiger partial charge in [-0.2, -0.15) is 0 Å². The summed E-state index contributed by atoms with van der Waals surface area (Å²) < 4.78 is 10.1. The number of unbranched alkanes of at least 4 members (excludes halogenated alkanes) is 3. The molecule has 18 heavy (non-hydrogen) atoms. The molecular weight excluding hydrogens is 232 g/mol. The standard InChI is InChI=1S/C14H20O4/c1-3-4-5-6-9-18-14(16)11-7-8-12(15)13(10-11)17-2/h7-8,10,15H,3-6,9H2,1-2H3. The molecule has 0 aliphatic carbocycles. The Morgan fingerprint density at radius 1 is 1.28 bits per heavy atom. The van der Waals surface area contributed by atoms with Crippen molar-refractivity contribution in [2.45, 2.75) is 32.6 Å². The van der Waals surface area contributed by atoms with E-state index in [9.17, 15) is 9.90 Å². The van der Waals surface area contributed by atoms with Crippen molar-refractivity contribution in [3.05, 3.63) is 23.8 Å². The zero-order chi connectivity index (χ0) is 13.4. The van der Waals surface area contributed by atoms with Crippen LogP contribution in [0.4, 0.5) is 0 Å². The first-order valence-electron chi connectivity index (χ1n) is 6.23. The average Bonchev–Trinajstić information content (AvgIpc) is 2.38. The normalized spacial score (nSPS) is 10.1. The van der Waals surface area contributed by atoms with E-state index >= 15 is 0 Å². The molecule has 0 heterocycles. The van der Waals surface area contributed by atoms with E-state index < -0.39 is 0 Å². The van der Waals surface area contributed by atoms with Crippen LogP contribution in [0.2, 0.25) is 0 Å². The summed E-state index contributed by atoms with van der Waals surface area (Å²) in [6.45, 7) is 2.57. The van der Waals surface area contributed by atoms with Crippen molar-refractivity contribution in [1.82, 2.24) is 0 Å². The molecule has 1 aromatic carbocycles. The summed E-state index contributed by atoms with van der Waals surface area (Å²) in [6, 6.07) is 4.42. The van der Waals surface area contributed by atoms with Gasteiger partial charge in [-0.15, -0.1) is 0 Å². The maximum absolute atomic E-state index is 11.7. The average molecular weight is 252 g/mol. The van der Waals surface area contributed by atoms with Gasteiger partial charge in [0.05, 0.1) is 19.3 Å². The number of aromatic hydroxyl groups is 1. The van der Waals surface area contributed by atoms with Crippen LogP contribution in [0.5, 0.6) is 11.5 Å². The number of hydrogen-bond acceptors (Lipinski definition) is 4. The van der Waals surface area contributed by atoms with Crippen molar-refractivity contribution >= 4 is 5.97 Å². The van der Waals surface area contributed by atoms with Gasteiger partial charge in [0, 0.05) is 0 Å². The Labute approximate surface area is 108 Å². The van der Waals surface area contributed by atoms with Gasteiger partial charge in [0.25, 0.3) is 0 Å². The molecule has 0 unspecified atom stereocenters. The number of hydrogen-bond donors (Lipinski definition) is 1. The van der Waals surface area contributed by atoms with Gasteiger partial charge in [0.2, 0.25) is 0 Å². The molecule has 4 nitrogen and oxygen atoms in total. The first-order valence-corrected chi connectivity index (χ1v) is 6.23. The SMILES string of the molecule is CCCCCCOC(=O)c1ccc(O)c(OC)c1. The highest BCUT2D eigenvalue weighted by atomic mass is 16.5. The lowest BCUT2D eigenvalue weighted by Crippen LogP contribution is -2.06. The van der Waals surface area contributed by atoms with E-state index in [2.05, 4.69) is 6.92 Å². The van der Waals surface area contributed by atoms with Gasteiger partial charge in [0.1, 0.15) is 0 Å². The highest BCUT2D eigenvalue weighted by Crippen LogP contribution is 2.26. The monoisotopic (exact) mass is 252 g/mol. The number of benzene rings is 1. The number of methoxy groups -OCH3 is 1. The van der Waals surface area contributed by atoms with Gasteiger partial charge in [-0.1, -0.05) is 26.2 Å². The van der Waals surface area contributed by atoms with Crippen molar-refractivity contribution in [1.29, 1.82) is 0 Å². The highest BCUT2D eigenvalue weighted by Gasteiger charge is 2.10. The van der Waals surface area contributed by atoms with Crippen molar-refractivity contribution in [3.63, 3.8) is 0 Å². The topological polar surface area (TPSA) is 55.8 Å². The van der Waals surface area contributed by atoms with E-state index in [1.807, 2.05) is 0 Å². The Hall–Kier alpha value is -1.71. The highest BCUT2D eigenvalue weighted by molar-refractivity contribution is 5.90. The largest absolute Gasteiger partial charge is 0.504 e. The molecule has 0 atom stereocenters. The summed E-state index contributed by atoms with van der Waals surface area (Å²) in [4.78, 5) is 11.7. The van der Waals surface area contributed by atoms with Gasteiger partial charge in [-0.3, -0.25) is 0 Å². The van der Waals surface area contributed by atoms with Crippen LogP contribution in [0.25, 0.3) is 0 Å². The molecule has 0 bridgehead atoms. The third-order valence-electron chi connectivity index (χ3n) is 2.65. The van der Waals surface area contributed by atoms with Crippen molar-refractivity contribution in [2.24, 2.45) is 0 Å². The molecule has 1 rings (SSSR count). The smallest absolute Gasteiger partial charge is 0.338 e. The number of ether oxygens (including phenoxy) is 2. The molecule has 1 N–H and O–H groups in total. The second-order valence-corrected chi connectivity index (χ2v) is 4.08. The first kappa shape index (κ1) is 14.4. The van der Waals surface area contributed by atoms with Crippen LogP contribution in [0.15, 0.2) is 18.2 Å². The summed E-state index contributed by atoms with van der Waals surface area (Å²) in [5.74, 6) is -0.0998. The minimum absolute atomic E-state index is 0.0111. The summed E-state index contributed by atoms with van der Waals surface area (Å²) >= 11 is 0. The molecule has 4 heteroatoms. The lowest BCUT2D eigenvalue weighted by Gasteiger charge is -2.07. The van der Waals surface area contributed by atoms with Crippen molar-refractivity contribution < 1.29 is 19.4 Å². The molecule has 0 saturated carbocycles. The van der Waals surface area contributed by atoms with Crippen LogP contribution < -0.4 is 4.74 Å². The van der Waals surface area contributed by atoms with Gasteiger partial charge in [-0.25, -0.2) is 4.79 Å². The van der Waals surface area contributed by atoms with Gasteiger partial charge >= 0.3 is 5.97 Å². The number of rotatable bonds is 7. The molecule has 0 aromatic heterocycles. The Bertz CT molecular complexity index is 387. The molecule has 0 fully saturated rings. The van der Waals surface area contributed by atoms with E-state index in [0.717, 1.165) is 25.7 Å². The van der Waals surface area contributed by atoms with E-state index in [1.54, 1.807) is 0 Å². The van der Waals surface area contributed by atoms with Crippen molar-refractivity contribution in [2.75, 3.05) is 13.7 Å². The fourth-order valence-electron chi connectivity index (χ4n) is 1.58. The summed E-state index contributed by atoms with van der Waals surface area (Å²) in [5.41, 5.74) is 0.389. The van der Waals surface area contributed by atoms with Crippen LogP contribution in [0, 0.1) is 0 Å². The third kappa shape index (κ3) is 4.28. The van der Waals surface area contributed by atoms with E-state index in [1.165, 1.54) is 25.3 Å². The number of esters is 1. The zero-order valence-corrected chi connectivity index (χ0v) is 10.9. The summed E-state index contributed by atoms with van der Waals surface area (Å²) in [5, 5.41) is 9.41. The molecule has 0 aliphatic rings. The Kier molecular flexibility index (Phi) is 6.05. The molecule has 0 spiro atoms. The van der Waals surface area contributed by atoms with Gasteiger partial charge in [-0.05, 0) is 24.6 Å². The van der Waals surface area contributed by atoms with E-state index in [0.29, 0.717) is 12.2 Å². The van der Waals surface area contributed by atoms with Crippen LogP contribution in [-0.4, -0.2) is 24.8 Å². The van der Waals surface area contributed by atoms with Crippen LogP contribution in [0.3, 0.4) is 0 Å². The number of phenolic OH excluding ortho intramolecular Hbond substituents is 1. The van der Waals surface area contributed by atoms with E-state index in [-0.39, 0.29) is 17.5 Å². The second kappa shape index (κ2) is 7.58. The van der Waals surface area contributed by atoms with Gasteiger partial charge in [0.15, 0.2) is 11.5 Å². The number of phenols is 1. The zero-order valence-electron chi connectivity index (χ0n) is 10.9. The second-order valence-electron chi connectivity index (χ2n) is 4.08. The first-order chi connectivity index (χ1) is 8.69. The molecule has 100 valence electrons. The van der Waals surface area contributed by atoms with Crippen molar-refractivity contribution in [3.8, 4) is 11.5 Å². The third-order valence-corrected chi connectivity index (χ3v) is 2.65. The molecular formula is C14H20O4. The van der Waals surface area contributed by atoms with Crippen LogP contribution in [-0.2, 0) is 4.74 Å². The number of carbonyl (C=O) groups excluding carboxylic acids is 1.